The molecule has 0 saturated heterocycles. The molecule has 0 aliphatic rings. The summed E-state index contributed by atoms with van der Waals surface area (Å²) in [6.07, 6.45) is 11.0. The molecule has 2 aromatic rings. The van der Waals surface area contributed by atoms with Crippen LogP contribution in [0.5, 0.6) is 5.75 Å². The van der Waals surface area contributed by atoms with Crippen LogP contribution in [0.2, 0.25) is 0 Å². The van der Waals surface area contributed by atoms with Crippen molar-refractivity contribution in [2.75, 3.05) is 5.32 Å². The quantitative estimate of drug-likeness (QED) is 0.151. The highest BCUT2D eigenvalue weighted by atomic mass is 16.7. The van der Waals surface area contributed by atoms with Crippen LogP contribution in [0.15, 0.2) is 53.7 Å². The highest BCUT2D eigenvalue weighted by molar-refractivity contribution is 6.03. The van der Waals surface area contributed by atoms with Gasteiger partial charge in [-0.2, -0.15) is 0 Å². The zero-order valence-electron chi connectivity index (χ0n) is 18.9. The van der Waals surface area contributed by atoms with Crippen molar-refractivity contribution in [3.05, 3.63) is 59.7 Å². The van der Waals surface area contributed by atoms with Gasteiger partial charge in [0.15, 0.2) is 0 Å². The number of rotatable bonds is 13. The third kappa shape index (κ3) is 9.69. The van der Waals surface area contributed by atoms with Gasteiger partial charge in [-0.1, -0.05) is 93.3 Å². The summed E-state index contributed by atoms with van der Waals surface area (Å²) in [6, 6.07) is 14.5. The van der Waals surface area contributed by atoms with Gasteiger partial charge >= 0.3 is 6.09 Å². The van der Waals surface area contributed by atoms with Gasteiger partial charge < -0.3 is 5.11 Å². The zero-order chi connectivity index (χ0) is 22.3. The number of carbonyl (C=O) groups excluding carboxylic acids is 1. The summed E-state index contributed by atoms with van der Waals surface area (Å²) in [4.78, 5) is 17.2. The van der Waals surface area contributed by atoms with Gasteiger partial charge in [0.25, 0.3) is 0 Å². The largest absolute Gasteiger partial charge is 0.507 e. The van der Waals surface area contributed by atoms with Crippen LogP contribution in [0.25, 0.3) is 0 Å². The van der Waals surface area contributed by atoms with Gasteiger partial charge in [-0.15, -0.1) is 0 Å². The van der Waals surface area contributed by atoms with E-state index < -0.39 is 6.09 Å². The van der Waals surface area contributed by atoms with Crippen molar-refractivity contribution in [3.8, 4) is 5.75 Å². The van der Waals surface area contributed by atoms with E-state index in [-0.39, 0.29) is 5.75 Å². The number of amides is 1. The van der Waals surface area contributed by atoms with Gasteiger partial charge in [0.2, 0.25) is 0 Å². The second kappa shape index (κ2) is 14.2. The number of unbranched alkanes of at least 4 members (excludes halogenated alkanes) is 8. The van der Waals surface area contributed by atoms with Gasteiger partial charge in [0, 0.05) is 11.3 Å². The average Bonchev–Trinajstić information content (AvgIpc) is 2.77. The van der Waals surface area contributed by atoms with E-state index >= 15 is 0 Å². The molecule has 168 valence electrons. The molecule has 5 nitrogen and oxygen atoms in total. The zero-order valence-corrected chi connectivity index (χ0v) is 18.9. The summed E-state index contributed by atoms with van der Waals surface area (Å²) < 4.78 is 0. The SMILES string of the molecule is CCCCCCCCCCC/C(=N/OC(=O)Nc1ccccc1)c1cc(C)ccc1O. The molecule has 0 radical (unpaired) electrons. The molecule has 0 atom stereocenters. The molecule has 0 heterocycles. The van der Waals surface area contributed by atoms with Crippen LogP contribution in [0.3, 0.4) is 0 Å². The number of oxime groups is 1. The standard InChI is InChI=1S/C26H36N2O3/c1-3-4-5-6-7-8-9-10-14-17-24(23-20-21(2)18-19-25(23)29)28-31-26(30)27-22-15-12-11-13-16-22/h11-13,15-16,18-20,29H,3-10,14,17H2,1-2H3,(H,27,30)/b28-24-. The second-order valence-electron chi connectivity index (χ2n) is 8.01. The number of hydrogen-bond acceptors (Lipinski definition) is 4. The van der Waals surface area contributed by atoms with Crippen LogP contribution in [0.4, 0.5) is 10.5 Å². The lowest BCUT2D eigenvalue weighted by atomic mass is 10.00. The number of phenolic OH excluding ortho intramolecular Hbond substituents is 1. The Morgan fingerprint density at radius 2 is 1.58 bits per heavy atom. The topological polar surface area (TPSA) is 70.9 Å². The maximum Gasteiger partial charge on any atom is 0.437 e. The van der Waals surface area contributed by atoms with Gasteiger partial charge in [-0.3, -0.25) is 10.2 Å². The first-order valence-corrected chi connectivity index (χ1v) is 11.5. The molecular weight excluding hydrogens is 388 g/mol. The number of benzene rings is 2. The van der Waals surface area contributed by atoms with E-state index in [1.807, 2.05) is 37.3 Å². The van der Waals surface area contributed by atoms with Crippen molar-refractivity contribution in [2.45, 2.75) is 78.1 Å². The second-order valence-corrected chi connectivity index (χ2v) is 8.01. The first kappa shape index (κ1) is 24.4. The third-order valence-electron chi connectivity index (χ3n) is 5.24. The van der Waals surface area contributed by atoms with Crippen LogP contribution in [0.1, 0.15) is 82.3 Å². The highest BCUT2D eigenvalue weighted by Gasteiger charge is 2.12. The number of aryl methyl sites for hydroxylation is 1. The van der Waals surface area contributed by atoms with E-state index in [4.69, 9.17) is 4.84 Å². The summed E-state index contributed by atoms with van der Waals surface area (Å²) in [5.41, 5.74) is 2.86. The molecule has 31 heavy (non-hydrogen) atoms. The van der Waals surface area contributed by atoms with Crippen LogP contribution < -0.4 is 5.32 Å². The number of phenols is 1. The Labute approximate surface area is 186 Å². The number of nitrogens with zero attached hydrogens (tertiary/aromatic N) is 1. The monoisotopic (exact) mass is 424 g/mol. The molecule has 2 aromatic carbocycles. The minimum atomic E-state index is -0.650. The third-order valence-corrected chi connectivity index (χ3v) is 5.24. The fourth-order valence-corrected chi connectivity index (χ4v) is 3.47. The number of anilines is 1. The smallest absolute Gasteiger partial charge is 0.437 e. The van der Waals surface area contributed by atoms with E-state index in [1.54, 1.807) is 18.2 Å². The van der Waals surface area contributed by atoms with E-state index in [0.717, 1.165) is 18.4 Å². The van der Waals surface area contributed by atoms with E-state index in [9.17, 15) is 9.90 Å². The summed E-state index contributed by atoms with van der Waals surface area (Å²) in [6.45, 7) is 4.20. The van der Waals surface area contributed by atoms with Gasteiger partial charge in [0.05, 0.1) is 5.71 Å². The van der Waals surface area contributed by atoms with Gasteiger partial charge in [-0.05, 0) is 44.0 Å². The Balaban J connectivity index is 1.90. The summed E-state index contributed by atoms with van der Waals surface area (Å²) >= 11 is 0. The maximum atomic E-state index is 12.1. The van der Waals surface area contributed by atoms with E-state index in [1.165, 1.54) is 44.9 Å². The van der Waals surface area contributed by atoms with Crippen molar-refractivity contribution in [2.24, 2.45) is 5.16 Å². The van der Waals surface area contributed by atoms with Gasteiger partial charge in [-0.25, -0.2) is 4.79 Å². The Kier molecular flexibility index (Phi) is 11.2. The van der Waals surface area contributed by atoms with Crippen molar-refractivity contribution < 1.29 is 14.7 Å². The lowest BCUT2D eigenvalue weighted by Crippen LogP contribution is -2.13. The van der Waals surface area contributed by atoms with Crippen molar-refractivity contribution in [1.82, 2.24) is 0 Å². The molecule has 0 fully saturated rings. The predicted molar refractivity (Wildman–Crippen MR) is 128 cm³/mol. The first-order chi connectivity index (χ1) is 15.1. The predicted octanol–water partition coefficient (Wildman–Crippen LogP) is 7.57. The number of carbonyl (C=O) groups is 1. The van der Waals surface area contributed by atoms with Crippen molar-refractivity contribution in [3.63, 3.8) is 0 Å². The number of nitrogens with one attached hydrogen (secondary N) is 1. The van der Waals surface area contributed by atoms with Gasteiger partial charge in [0.1, 0.15) is 5.75 Å². The minimum absolute atomic E-state index is 0.146. The molecular formula is C26H36N2O3. The molecule has 5 heteroatoms. The number of aromatic hydroxyl groups is 1. The molecule has 0 spiro atoms. The number of para-hydroxylation sites is 1. The molecule has 0 aliphatic heterocycles. The van der Waals surface area contributed by atoms with E-state index in [0.29, 0.717) is 23.4 Å². The number of hydrogen-bond donors (Lipinski definition) is 2. The van der Waals surface area contributed by atoms with E-state index in [2.05, 4.69) is 17.4 Å². The van der Waals surface area contributed by atoms with Crippen molar-refractivity contribution in [1.29, 1.82) is 0 Å². The fourth-order valence-electron chi connectivity index (χ4n) is 3.47. The maximum absolute atomic E-state index is 12.1. The molecule has 0 aliphatic carbocycles. The molecule has 2 N–H and O–H groups in total. The molecule has 2 rings (SSSR count). The van der Waals surface area contributed by atoms with Crippen LogP contribution >= 0.6 is 0 Å². The fraction of sp³-hybridized carbons (Fsp3) is 0.462. The van der Waals surface area contributed by atoms with Crippen LogP contribution in [-0.2, 0) is 4.84 Å². The summed E-state index contributed by atoms with van der Waals surface area (Å²) in [5.74, 6) is 0.146. The lowest BCUT2D eigenvalue weighted by Gasteiger charge is -2.10. The molecule has 0 bridgehead atoms. The first-order valence-electron chi connectivity index (χ1n) is 11.5. The normalized spacial score (nSPS) is 11.4. The molecule has 0 saturated carbocycles. The molecule has 1 amide bonds. The average molecular weight is 425 g/mol. The molecule has 0 unspecified atom stereocenters. The van der Waals surface area contributed by atoms with Crippen molar-refractivity contribution >= 4 is 17.5 Å². The Morgan fingerprint density at radius 1 is 0.935 bits per heavy atom. The Hall–Kier alpha value is -2.82. The minimum Gasteiger partial charge on any atom is -0.507 e. The Morgan fingerprint density at radius 3 is 2.26 bits per heavy atom. The molecule has 0 aromatic heterocycles. The summed E-state index contributed by atoms with van der Waals surface area (Å²) in [7, 11) is 0. The van der Waals surface area contributed by atoms with Crippen LogP contribution in [-0.4, -0.2) is 16.9 Å². The van der Waals surface area contributed by atoms with Crippen LogP contribution in [0, 0.1) is 6.92 Å². The lowest BCUT2D eigenvalue weighted by molar-refractivity contribution is 0.166. The summed E-state index contributed by atoms with van der Waals surface area (Å²) in [5, 5.41) is 17.1. The highest BCUT2D eigenvalue weighted by Crippen LogP contribution is 2.22. The Bertz CT molecular complexity index is 819.